The molecule has 1 N–H and O–H groups in total. The first-order valence-electron chi connectivity index (χ1n) is 5.09. The largest absolute Gasteiger partial charge is 0.489 e. The molecule has 0 fully saturated rings. The molecule has 17 heavy (non-hydrogen) atoms. The molecule has 0 spiro atoms. The fourth-order valence-corrected chi connectivity index (χ4v) is 2.26. The number of hydrogen-bond donors (Lipinski definition) is 1. The minimum Gasteiger partial charge on any atom is -0.489 e. The average Bonchev–Trinajstić information content (AvgIpc) is 2.58. The number of rotatable bonds is 2. The number of carbonyl (C=O) groups is 1. The van der Waals surface area contributed by atoms with Gasteiger partial charge in [0.2, 0.25) is 0 Å². The molecule has 90 valence electrons. The second kappa shape index (κ2) is 3.84. The molecule has 0 amide bonds. The molecule has 1 aliphatic rings. The summed E-state index contributed by atoms with van der Waals surface area (Å²) in [6, 6.07) is 1.74. The van der Waals surface area contributed by atoms with Crippen molar-refractivity contribution in [3.05, 3.63) is 28.5 Å². The van der Waals surface area contributed by atoms with E-state index in [4.69, 9.17) is 4.74 Å². The number of pyridine rings is 1. The van der Waals surface area contributed by atoms with Gasteiger partial charge in [0.1, 0.15) is 16.6 Å². The second-order valence-corrected chi connectivity index (χ2v) is 5.13. The van der Waals surface area contributed by atoms with Gasteiger partial charge in [-0.25, -0.2) is 4.98 Å². The van der Waals surface area contributed by atoms with Crippen LogP contribution in [0.4, 0.5) is 0 Å². The average molecular weight is 298 g/mol. The Kier molecular flexibility index (Phi) is 2.73. The first-order chi connectivity index (χ1) is 7.86. The molecule has 2 heterocycles. The highest BCUT2D eigenvalue weighted by Gasteiger charge is 2.44. The highest BCUT2D eigenvalue weighted by atomic mass is 79.9. The van der Waals surface area contributed by atoms with Gasteiger partial charge in [0.05, 0.1) is 5.69 Å². The number of ether oxygens (including phenoxy) is 1. The van der Waals surface area contributed by atoms with Crippen molar-refractivity contribution in [1.82, 2.24) is 4.98 Å². The maximum atomic E-state index is 11.3. The van der Waals surface area contributed by atoms with Crippen molar-refractivity contribution < 1.29 is 14.6 Å². The zero-order valence-electron chi connectivity index (χ0n) is 9.58. The molecule has 2 rings (SSSR count). The van der Waals surface area contributed by atoms with Crippen molar-refractivity contribution in [3.63, 3.8) is 0 Å². The van der Waals surface area contributed by atoms with E-state index >= 15 is 0 Å². The minimum absolute atomic E-state index is 0.123. The third-order valence-corrected chi connectivity index (χ3v) is 3.48. The maximum absolute atomic E-state index is 11.3. The van der Waals surface area contributed by atoms with Crippen LogP contribution in [0.15, 0.2) is 17.2 Å². The van der Waals surface area contributed by atoms with E-state index < -0.39 is 11.4 Å². The highest BCUT2D eigenvalue weighted by Crippen LogP contribution is 2.43. The summed E-state index contributed by atoms with van der Waals surface area (Å²) in [6.07, 6.45) is 0. The Balaban J connectivity index is 2.66. The van der Waals surface area contributed by atoms with Crippen molar-refractivity contribution in [1.29, 1.82) is 0 Å². The zero-order valence-corrected chi connectivity index (χ0v) is 11.2. The molecular formula is C12H12BrNO3. The van der Waals surface area contributed by atoms with Gasteiger partial charge in [-0.15, -0.1) is 0 Å². The number of hydrogen-bond acceptors (Lipinski definition) is 3. The van der Waals surface area contributed by atoms with E-state index in [1.807, 2.05) is 6.92 Å². The fraction of sp³-hybridized carbons (Fsp3) is 0.333. The number of carboxylic acid groups (broad SMARTS) is 1. The van der Waals surface area contributed by atoms with Crippen LogP contribution >= 0.6 is 15.9 Å². The Morgan fingerprint density at radius 3 is 2.88 bits per heavy atom. The van der Waals surface area contributed by atoms with Crippen molar-refractivity contribution >= 4 is 27.5 Å². The molecule has 0 radical (unpaired) electrons. The molecule has 1 aromatic heterocycles. The molecule has 1 aromatic rings. The van der Waals surface area contributed by atoms with Gasteiger partial charge in [-0.1, -0.05) is 6.58 Å². The highest BCUT2D eigenvalue weighted by molar-refractivity contribution is 9.10. The summed E-state index contributed by atoms with van der Waals surface area (Å²) in [5, 5.41) is 9.30. The first kappa shape index (κ1) is 12.1. The number of aliphatic carboxylic acids is 1. The van der Waals surface area contributed by atoms with Gasteiger partial charge in [-0.2, -0.15) is 0 Å². The predicted octanol–water partition coefficient (Wildman–Crippen LogP) is 2.61. The molecule has 0 saturated carbocycles. The SMILES string of the molecule is C=C(C)c1cc2c(c(Br)n1)OC[C@]2(C)C(=O)O. The molecule has 4 nitrogen and oxygen atoms in total. The Bertz CT molecular complexity index is 527. The number of fused-ring (bicyclic) bond motifs is 1. The second-order valence-electron chi connectivity index (χ2n) is 4.38. The lowest BCUT2D eigenvalue weighted by Crippen LogP contribution is -2.33. The maximum Gasteiger partial charge on any atom is 0.317 e. The summed E-state index contributed by atoms with van der Waals surface area (Å²) < 4.78 is 5.95. The molecule has 1 atom stereocenters. The van der Waals surface area contributed by atoms with Crippen LogP contribution in [0, 0.1) is 0 Å². The molecule has 0 saturated heterocycles. The van der Waals surface area contributed by atoms with E-state index in [0.29, 0.717) is 21.6 Å². The monoisotopic (exact) mass is 297 g/mol. The minimum atomic E-state index is -1.02. The summed E-state index contributed by atoms with van der Waals surface area (Å²) in [6.45, 7) is 7.41. The summed E-state index contributed by atoms with van der Waals surface area (Å²) in [5.41, 5.74) is 1.08. The van der Waals surface area contributed by atoms with Gasteiger partial charge in [0.25, 0.3) is 0 Å². The summed E-state index contributed by atoms with van der Waals surface area (Å²) in [4.78, 5) is 15.6. The molecule has 0 unspecified atom stereocenters. The zero-order chi connectivity index (χ0) is 12.8. The number of allylic oxidation sites excluding steroid dienone is 1. The topological polar surface area (TPSA) is 59.4 Å². The summed E-state index contributed by atoms with van der Waals surface area (Å²) >= 11 is 3.30. The molecule has 0 aliphatic carbocycles. The van der Waals surface area contributed by atoms with Crippen LogP contribution in [0.1, 0.15) is 25.1 Å². The lowest BCUT2D eigenvalue weighted by molar-refractivity contribution is -0.143. The molecule has 5 heteroatoms. The van der Waals surface area contributed by atoms with Gasteiger partial charge < -0.3 is 9.84 Å². The van der Waals surface area contributed by atoms with Gasteiger partial charge in [-0.05, 0) is 41.4 Å². The third-order valence-electron chi connectivity index (χ3n) is 2.94. The van der Waals surface area contributed by atoms with E-state index in [2.05, 4.69) is 27.5 Å². The normalized spacial score (nSPS) is 21.8. The van der Waals surface area contributed by atoms with Crippen LogP contribution in [0.5, 0.6) is 5.75 Å². The van der Waals surface area contributed by atoms with Crippen LogP contribution in [-0.4, -0.2) is 22.7 Å². The number of nitrogens with zero attached hydrogens (tertiary/aromatic N) is 1. The number of carboxylic acids is 1. The van der Waals surface area contributed by atoms with E-state index in [-0.39, 0.29) is 6.61 Å². The van der Waals surface area contributed by atoms with E-state index in [1.54, 1.807) is 13.0 Å². The van der Waals surface area contributed by atoms with Crippen LogP contribution < -0.4 is 4.74 Å². The van der Waals surface area contributed by atoms with Crippen LogP contribution in [0.3, 0.4) is 0 Å². The van der Waals surface area contributed by atoms with Crippen molar-refractivity contribution in [2.24, 2.45) is 0 Å². The molecule has 1 aliphatic heterocycles. The van der Waals surface area contributed by atoms with Crippen molar-refractivity contribution in [3.8, 4) is 5.75 Å². The number of aromatic nitrogens is 1. The fourth-order valence-electron chi connectivity index (χ4n) is 1.74. The standard InChI is InChI=1S/C12H12BrNO3/c1-6(2)8-4-7-9(10(13)14-8)17-5-12(7,3)11(15)16/h4H,1,5H2,2-3H3,(H,15,16)/t12-/m0/s1. The van der Waals surface area contributed by atoms with Crippen LogP contribution in [0.25, 0.3) is 5.57 Å². The van der Waals surface area contributed by atoms with Crippen molar-refractivity contribution in [2.45, 2.75) is 19.3 Å². The van der Waals surface area contributed by atoms with Gasteiger partial charge in [-0.3, -0.25) is 4.79 Å². The Morgan fingerprint density at radius 1 is 1.71 bits per heavy atom. The smallest absolute Gasteiger partial charge is 0.317 e. The predicted molar refractivity (Wildman–Crippen MR) is 67.1 cm³/mol. The summed E-state index contributed by atoms with van der Waals surface area (Å²) in [7, 11) is 0. The molecular weight excluding hydrogens is 286 g/mol. The van der Waals surface area contributed by atoms with E-state index in [0.717, 1.165) is 5.57 Å². The lowest BCUT2D eigenvalue weighted by Gasteiger charge is -2.16. The number of halogens is 1. The third kappa shape index (κ3) is 1.74. The summed E-state index contributed by atoms with van der Waals surface area (Å²) in [5.74, 6) is -0.387. The van der Waals surface area contributed by atoms with Crippen LogP contribution in [0.2, 0.25) is 0 Å². The van der Waals surface area contributed by atoms with E-state index in [9.17, 15) is 9.90 Å². The lowest BCUT2D eigenvalue weighted by atomic mass is 9.84. The van der Waals surface area contributed by atoms with Gasteiger partial charge >= 0.3 is 5.97 Å². The van der Waals surface area contributed by atoms with Crippen LogP contribution in [-0.2, 0) is 10.2 Å². The molecule has 0 aromatic carbocycles. The Hall–Kier alpha value is -1.36. The van der Waals surface area contributed by atoms with Gasteiger partial charge in [0, 0.05) is 5.56 Å². The van der Waals surface area contributed by atoms with Crippen molar-refractivity contribution in [2.75, 3.05) is 6.61 Å². The Morgan fingerprint density at radius 2 is 2.35 bits per heavy atom. The Labute approximate surface area is 107 Å². The van der Waals surface area contributed by atoms with E-state index in [1.165, 1.54) is 0 Å². The van der Waals surface area contributed by atoms with Gasteiger partial charge in [0.15, 0.2) is 5.75 Å². The molecule has 0 bridgehead atoms. The quantitative estimate of drug-likeness (QED) is 0.853. The first-order valence-corrected chi connectivity index (χ1v) is 5.88.